The maximum Gasteiger partial charge on any atom is 0.261 e. The van der Waals surface area contributed by atoms with Crippen LogP contribution >= 0.6 is 0 Å². The highest BCUT2D eigenvalue weighted by atomic mass is 16.2. The summed E-state index contributed by atoms with van der Waals surface area (Å²) in [6, 6.07) is 11.9. The summed E-state index contributed by atoms with van der Waals surface area (Å²) in [5, 5.41) is 0.512. The van der Waals surface area contributed by atoms with Gasteiger partial charge in [-0.1, -0.05) is 18.2 Å². The summed E-state index contributed by atoms with van der Waals surface area (Å²) in [5.41, 5.74) is 1.45. The molecule has 1 saturated heterocycles. The quantitative estimate of drug-likeness (QED) is 0.668. The van der Waals surface area contributed by atoms with Crippen LogP contribution in [0.5, 0.6) is 0 Å². The van der Waals surface area contributed by atoms with Crippen LogP contribution in [0.4, 0.5) is 0 Å². The van der Waals surface area contributed by atoms with E-state index in [-0.39, 0.29) is 28.9 Å². The lowest BCUT2D eigenvalue weighted by Crippen LogP contribution is -2.51. The van der Waals surface area contributed by atoms with Gasteiger partial charge < -0.3 is 9.47 Å². The highest BCUT2D eigenvalue weighted by molar-refractivity contribution is 5.81. The van der Waals surface area contributed by atoms with Crippen LogP contribution in [0, 0.1) is 5.92 Å². The number of nitrogens with zero attached hydrogens (tertiary/aromatic N) is 4. The minimum absolute atomic E-state index is 0.0270. The summed E-state index contributed by atoms with van der Waals surface area (Å²) in [6.07, 6.45) is 2.45. The predicted octanol–water partition coefficient (Wildman–Crippen LogP) is 1.77. The van der Waals surface area contributed by atoms with E-state index in [1.165, 1.54) is 10.9 Å². The number of hydrogen-bond donors (Lipinski definition) is 0. The molecular weight excluding hydrogens is 368 g/mol. The zero-order valence-electron chi connectivity index (χ0n) is 16.2. The number of amides is 1. The van der Waals surface area contributed by atoms with E-state index >= 15 is 0 Å². The molecule has 0 saturated carbocycles. The van der Waals surface area contributed by atoms with Crippen molar-refractivity contribution in [3.63, 3.8) is 0 Å². The van der Waals surface area contributed by atoms with Gasteiger partial charge in [0.1, 0.15) is 6.04 Å². The molecule has 0 radical (unpaired) electrons. The zero-order valence-corrected chi connectivity index (χ0v) is 16.2. The Morgan fingerprint density at radius 1 is 1.07 bits per heavy atom. The predicted molar refractivity (Wildman–Crippen MR) is 109 cm³/mol. The van der Waals surface area contributed by atoms with Gasteiger partial charge in [0.05, 0.1) is 17.2 Å². The zero-order chi connectivity index (χ0) is 20.1. The first-order chi connectivity index (χ1) is 14.0. The van der Waals surface area contributed by atoms with Gasteiger partial charge in [-0.25, -0.2) is 4.98 Å². The Labute approximate surface area is 167 Å². The molecule has 0 unspecified atom stereocenters. The van der Waals surface area contributed by atoms with Gasteiger partial charge in [-0.2, -0.15) is 0 Å². The molecule has 7 nitrogen and oxygen atoms in total. The van der Waals surface area contributed by atoms with E-state index in [0.29, 0.717) is 30.5 Å². The fraction of sp³-hybridized carbons (Fsp3) is 0.364. The molecule has 1 aromatic carbocycles. The average molecular weight is 390 g/mol. The second kappa shape index (κ2) is 6.69. The maximum atomic E-state index is 13.3. The van der Waals surface area contributed by atoms with E-state index in [2.05, 4.69) is 4.98 Å². The minimum atomic E-state index is -0.628. The lowest BCUT2D eigenvalue weighted by molar-refractivity contribution is -0.137. The Kier molecular flexibility index (Phi) is 4.12. The highest BCUT2D eigenvalue weighted by Gasteiger charge is 2.37. The third-order valence-corrected chi connectivity index (χ3v) is 6.26. The average Bonchev–Trinajstić information content (AvgIpc) is 2.74. The lowest BCUT2D eigenvalue weighted by Gasteiger charge is -2.43. The molecule has 2 aliphatic heterocycles. The van der Waals surface area contributed by atoms with E-state index in [0.717, 1.165) is 12.1 Å². The molecule has 0 N–H and O–H groups in total. The Bertz CT molecular complexity index is 1230. The normalized spacial score (nSPS) is 21.6. The van der Waals surface area contributed by atoms with Gasteiger partial charge in [0.2, 0.25) is 5.91 Å². The van der Waals surface area contributed by atoms with Crippen LogP contribution in [-0.4, -0.2) is 38.0 Å². The molecule has 5 rings (SSSR count). The van der Waals surface area contributed by atoms with Gasteiger partial charge in [0.15, 0.2) is 0 Å². The van der Waals surface area contributed by atoms with Crippen molar-refractivity contribution in [1.29, 1.82) is 0 Å². The maximum absolute atomic E-state index is 13.3. The van der Waals surface area contributed by atoms with Crippen molar-refractivity contribution in [2.75, 3.05) is 13.1 Å². The smallest absolute Gasteiger partial charge is 0.261 e. The van der Waals surface area contributed by atoms with Crippen molar-refractivity contribution in [2.45, 2.75) is 31.8 Å². The van der Waals surface area contributed by atoms with Gasteiger partial charge in [-0.3, -0.25) is 19.0 Å². The Hall–Kier alpha value is -3.22. The number of pyridine rings is 1. The van der Waals surface area contributed by atoms with Crippen molar-refractivity contribution in [3.05, 3.63) is 75.2 Å². The molecule has 3 aromatic rings. The van der Waals surface area contributed by atoms with Gasteiger partial charge in [-0.05, 0) is 37.5 Å². The van der Waals surface area contributed by atoms with E-state index < -0.39 is 6.04 Å². The second-order valence-corrected chi connectivity index (χ2v) is 8.09. The summed E-state index contributed by atoms with van der Waals surface area (Å²) in [4.78, 5) is 44.5. The third-order valence-electron chi connectivity index (χ3n) is 6.26. The monoisotopic (exact) mass is 390 g/mol. The Morgan fingerprint density at radius 2 is 1.90 bits per heavy atom. The van der Waals surface area contributed by atoms with Crippen LogP contribution in [0.15, 0.2) is 58.4 Å². The van der Waals surface area contributed by atoms with Crippen molar-refractivity contribution in [3.8, 4) is 0 Å². The molecule has 3 atom stereocenters. The molecule has 2 aromatic heterocycles. The van der Waals surface area contributed by atoms with Crippen LogP contribution in [0.25, 0.3) is 10.9 Å². The van der Waals surface area contributed by atoms with Crippen LogP contribution in [-0.2, 0) is 11.3 Å². The number of piperidine rings is 1. The fourth-order valence-corrected chi connectivity index (χ4v) is 4.82. The van der Waals surface area contributed by atoms with Crippen LogP contribution in [0.3, 0.4) is 0 Å². The molecule has 1 fully saturated rings. The SMILES string of the molecule is C[C@@H](C(=O)N1C[C@H]2C[C@@H](C1)c1cccc(=O)n1C2)n1cnc2ccccc2c1=O. The number of para-hydroxylation sites is 1. The van der Waals surface area contributed by atoms with Gasteiger partial charge in [-0.15, -0.1) is 0 Å². The van der Waals surface area contributed by atoms with E-state index in [9.17, 15) is 14.4 Å². The standard InChI is InChI=1S/C22H22N4O3/c1-14(26-13-23-18-6-3-2-5-17(18)22(26)29)21(28)24-10-15-9-16(12-24)19-7-4-8-20(27)25(19)11-15/h2-8,13-16H,9-12H2,1H3/t14-,15+,16-/m0/s1. The fourth-order valence-electron chi connectivity index (χ4n) is 4.82. The number of fused-ring (bicyclic) bond motifs is 5. The van der Waals surface area contributed by atoms with E-state index in [4.69, 9.17) is 0 Å². The summed E-state index contributed by atoms with van der Waals surface area (Å²) < 4.78 is 3.27. The summed E-state index contributed by atoms with van der Waals surface area (Å²) >= 11 is 0. The van der Waals surface area contributed by atoms with Crippen LogP contribution in [0.1, 0.15) is 31.0 Å². The lowest BCUT2D eigenvalue weighted by atomic mass is 9.83. The molecule has 148 valence electrons. The summed E-state index contributed by atoms with van der Waals surface area (Å²) in [5.74, 6) is 0.327. The second-order valence-electron chi connectivity index (χ2n) is 8.09. The summed E-state index contributed by atoms with van der Waals surface area (Å²) in [6.45, 7) is 3.57. The van der Waals surface area contributed by atoms with Crippen molar-refractivity contribution >= 4 is 16.8 Å². The first-order valence-electron chi connectivity index (χ1n) is 9.97. The number of rotatable bonds is 2. The van der Waals surface area contributed by atoms with Crippen molar-refractivity contribution in [2.24, 2.45) is 5.92 Å². The molecule has 7 heteroatoms. The van der Waals surface area contributed by atoms with Gasteiger partial charge in [0, 0.05) is 37.3 Å². The Morgan fingerprint density at radius 3 is 2.76 bits per heavy atom. The molecule has 0 spiro atoms. The molecule has 4 heterocycles. The number of carbonyl (C=O) groups is 1. The first-order valence-corrected chi connectivity index (χ1v) is 9.97. The number of hydrogen-bond acceptors (Lipinski definition) is 4. The number of carbonyl (C=O) groups excluding carboxylic acids is 1. The number of likely N-dealkylation sites (tertiary alicyclic amines) is 1. The number of benzene rings is 1. The van der Waals surface area contributed by atoms with Gasteiger partial charge in [0.25, 0.3) is 11.1 Å². The first kappa shape index (κ1) is 17.8. The van der Waals surface area contributed by atoms with Crippen molar-refractivity contribution in [1.82, 2.24) is 19.0 Å². The molecule has 2 bridgehead atoms. The topological polar surface area (TPSA) is 77.2 Å². The van der Waals surface area contributed by atoms with E-state index in [1.807, 2.05) is 21.6 Å². The third kappa shape index (κ3) is 2.88. The van der Waals surface area contributed by atoms with Crippen LogP contribution in [0.2, 0.25) is 0 Å². The molecular formula is C22H22N4O3. The minimum Gasteiger partial charge on any atom is -0.340 e. The highest BCUT2D eigenvalue weighted by Crippen LogP contribution is 2.35. The number of aromatic nitrogens is 3. The van der Waals surface area contributed by atoms with E-state index in [1.54, 1.807) is 37.3 Å². The molecule has 1 amide bonds. The largest absolute Gasteiger partial charge is 0.340 e. The molecule has 2 aliphatic rings. The van der Waals surface area contributed by atoms with Gasteiger partial charge >= 0.3 is 0 Å². The Balaban J connectivity index is 1.44. The van der Waals surface area contributed by atoms with Crippen LogP contribution < -0.4 is 11.1 Å². The van der Waals surface area contributed by atoms with Crippen molar-refractivity contribution < 1.29 is 4.79 Å². The molecule has 0 aliphatic carbocycles. The molecule has 29 heavy (non-hydrogen) atoms. The summed E-state index contributed by atoms with van der Waals surface area (Å²) in [7, 11) is 0.